The van der Waals surface area contributed by atoms with Gasteiger partial charge in [0.05, 0.1) is 18.7 Å². The molecule has 0 atom stereocenters. The first-order valence-corrected chi connectivity index (χ1v) is 5.30. The summed E-state index contributed by atoms with van der Waals surface area (Å²) in [5, 5.41) is -0.115. The third-order valence-corrected chi connectivity index (χ3v) is 2.31. The Kier molecular flexibility index (Phi) is 4.45. The largest absolute Gasteiger partial charge is 0.491 e. The molecular formula is C11H10ClF3O3. The van der Waals surface area contributed by atoms with Gasteiger partial charge >= 0.3 is 6.18 Å². The van der Waals surface area contributed by atoms with Gasteiger partial charge in [-0.1, -0.05) is 11.6 Å². The number of hydrogen-bond donors (Lipinski definition) is 0. The lowest BCUT2D eigenvalue weighted by Gasteiger charge is -2.13. The summed E-state index contributed by atoms with van der Waals surface area (Å²) in [4.78, 5) is 11.1. The molecule has 0 N–H and O–H groups in total. The molecule has 18 heavy (non-hydrogen) atoms. The van der Waals surface area contributed by atoms with Gasteiger partial charge in [0.1, 0.15) is 0 Å². The van der Waals surface area contributed by atoms with Gasteiger partial charge < -0.3 is 9.47 Å². The van der Waals surface area contributed by atoms with Crippen LogP contribution in [0.1, 0.15) is 17.3 Å². The fourth-order valence-electron chi connectivity index (χ4n) is 1.32. The highest BCUT2D eigenvalue weighted by Gasteiger charge is 2.40. The first kappa shape index (κ1) is 14.6. The highest BCUT2D eigenvalue weighted by atomic mass is 35.5. The van der Waals surface area contributed by atoms with Crippen LogP contribution in [0.2, 0.25) is 5.02 Å². The SMILES string of the molecule is CCOc1cc(C(=O)C(F)(F)F)cc(Cl)c1OC. The Bertz CT molecular complexity index is 458. The standard InChI is InChI=1S/C11H10ClF3O3/c1-3-18-8-5-6(10(16)11(13,14)15)4-7(12)9(8)17-2/h4-5H,3H2,1-2H3. The number of methoxy groups -OCH3 is 1. The van der Waals surface area contributed by atoms with Crippen molar-refractivity contribution in [2.24, 2.45) is 0 Å². The second-order valence-electron chi connectivity index (χ2n) is 3.25. The molecule has 1 aromatic rings. The van der Waals surface area contributed by atoms with Crippen LogP contribution in [0.3, 0.4) is 0 Å². The summed E-state index contributed by atoms with van der Waals surface area (Å²) in [6.45, 7) is 1.85. The molecule has 0 bridgehead atoms. The number of hydrogen-bond acceptors (Lipinski definition) is 3. The molecule has 0 aliphatic rings. The van der Waals surface area contributed by atoms with Crippen molar-refractivity contribution in [2.75, 3.05) is 13.7 Å². The lowest BCUT2D eigenvalue weighted by molar-refractivity contribution is -0.0885. The van der Waals surface area contributed by atoms with Crippen molar-refractivity contribution in [1.82, 2.24) is 0 Å². The van der Waals surface area contributed by atoms with Gasteiger partial charge in [-0.25, -0.2) is 0 Å². The number of rotatable bonds is 4. The zero-order valence-corrected chi connectivity index (χ0v) is 10.4. The van der Waals surface area contributed by atoms with Crippen LogP contribution in [0.5, 0.6) is 11.5 Å². The average Bonchev–Trinajstić information content (AvgIpc) is 2.26. The molecule has 1 rings (SSSR count). The second-order valence-corrected chi connectivity index (χ2v) is 3.66. The van der Waals surface area contributed by atoms with E-state index < -0.39 is 17.5 Å². The maximum Gasteiger partial charge on any atom is 0.454 e. The van der Waals surface area contributed by atoms with Crippen molar-refractivity contribution in [3.8, 4) is 11.5 Å². The summed E-state index contributed by atoms with van der Waals surface area (Å²) in [6, 6.07) is 1.86. The van der Waals surface area contributed by atoms with E-state index in [9.17, 15) is 18.0 Å². The number of benzene rings is 1. The highest BCUT2D eigenvalue weighted by molar-refractivity contribution is 6.32. The molecule has 0 heterocycles. The summed E-state index contributed by atoms with van der Waals surface area (Å²) in [5.74, 6) is -1.88. The van der Waals surface area contributed by atoms with E-state index in [2.05, 4.69) is 0 Å². The Morgan fingerprint density at radius 2 is 2.00 bits per heavy atom. The van der Waals surface area contributed by atoms with Crippen LogP contribution in [-0.2, 0) is 0 Å². The molecule has 0 radical (unpaired) electrons. The smallest absolute Gasteiger partial charge is 0.454 e. The van der Waals surface area contributed by atoms with Crippen LogP contribution < -0.4 is 9.47 Å². The molecule has 1 aromatic carbocycles. The van der Waals surface area contributed by atoms with E-state index in [1.807, 2.05) is 0 Å². The minimum absolute atomic E-state index is 0.0000926. The first-order chi connectivity index (χ1) is 8.31. The quantitative estimate of drug-likeness (QED) is 0.793. The van der Waals surface area contributed by atoms with Crippen molar-refractivity contribution in [1.29, 1.82) is 0 Å². The molecule has 0 unspecified atom stereocenters. The molecule has 0 aromatic heterocycles. The highest BCUT2D eigenvalue weighted by Crippen LogP contribution is 2.37. The van der Waals surface area contributed by atoms with E-state index in [-0.39, 0.29) is 23.1 Å². The van der Waals surface area contributed by atoms with Crippen molar-refractivity contribution < 1.29 is 27.4 Å². The average molecular weight is 283 g/mol. The van der Waals surface area contributed by atoms with Crippen molar-refractivity contribution in [3.63, 3.8) is 0 Å². The molecule has 0 saturated carbocycles. The van der Waals surface area contributed by atoms with E-state index in [0.29, 0.717) is 0 Å². The van der Waals surface area contributed by atoms with Crippen molar-refractivity contribution in [3.05, 3.63) is 22.7 Å². The number of ether oxygens (including phenoxy) is 2. The maximum absolute atomic E-state index is 12.3. The lowest BCUT2D eigenvalue weighted by Crippen LogP contribution is -2.22. The Balaban J connectivity index is 3.28. The normalized spacial score (nSPS) is 11.2. The van der Waals surface area contributed by atoms with Crippen LogP contribution in [0.25, 0.3) is 0 Å². The molecule has 0 spiro atoms. The zero-order chi connectivity index (χ0) is 13.9. The molecular weight excluding hydrogens is 273 g/mol. The fourth-order valence-corrected chi connectivity index (χ4v) is 1.61. The molecule has 100 valence electrons. The Hall–Kier alpha value is -1.43. The van der Waals surface area contributed by atoms with Gasteiger partial charge in [0, 0.05) is 5.56 Å². The lowest BCUT2D eigenvalue weighted by atomic mass is 10.1. The minimum atomic E-state index is -4.96. The van der Waals surface area contributed by atoms with Gasteiger partial charge in [0.25, 0.3) is 5.78 Å². The third-order valence-electron chi connectivity index (χ3n) is 2.03. The molecule has 7 heteroatoms. The van der Waals surface area contributed by atoms with E-state index in [4.69, 9.17) is 21.1 Å². The van der Waals surface area contributed by atoms with Crippen LogP contribution in [0.15, 0.2) is 12.1 Å². The van der Waals surface area contributed by atoms with Crippen LogP contribution in [-0.4, -0.2) is 25.7 Å². The summed E-state index contributed by atoms with van der Waals surface area (Å²) >= 11 is 5.74. The monoisotopic (exact) mass is 282 g/mol. The Morgan fingerprint density at radius 3 is 2.44 bits per heavy atom. The summed E-state index contributed by atoms with van der Waals surface area (Å²) < 4.78 is 46.9. The number of halogens is 4. The predicted molar refractivity (Wildman–Crippen MR) is 59.6 cm³/mol. The molecule has 0 saturated heterocycles. The topological polar surface area (TPSA) is 35.5 Å². The van der Waals surface area contributed by atoms with E-state index in [1.54, 1.807) is 6.92 Å². The van der Waals surface area contributed by atoms with E-state index in [0.717, 1.165) is 12.1 Å². The molecule has 0 amide bonds. The summed E-state index contributed by atoms with van der Waals surface area (Å²) in [6.07, 6.45) is -4.96. The Morgan fingerprint density at radius 1 is 1.39 bits per heavy atom. The van der Waals surface area contributed by atoms with E-state index >= 15 is 0 Å². The number of carbonyl (C=O) groups excluding carboxylic acids is 1. The van der Waals surface area contributed by atoms with Crippen molar-refractivity contribution >= 4 is 17.4 Å². The summed E-state index contributed by atoms with van der Waals surface area (Å²) in [7, 11) is 1.30. The Labute approximate surface area is 106 Å². The number of ketones is 1. The minimum Gasteiger partial charge on any atom is -0.491 e. The van der Waals surface area contributed by atoms with Gasteiger partial charge in [-0.05, 0) is 19.1 Å². The van der Waals surface area contributed by atoms with Gasteiger partial charge in [-0.3, -0.25) is 4.79 Å². The number of carbonyl (C=O) groups is 1. The number of Topliss-reactive ketones (excluding diaryl/α,β-unsaturated/α-hetero) is 1. The zero-order valence-electron chi connectivity index (χ0n) is 9.60. The summed E-state index contributed by atoms with van der Waals surface area (Å²) in [5.41, 5.74) is -0.586. The van der Waals surface area contributed by atoms with Gasteiger partial charge in [-0.2, -0.15) is 13.2 Å². The predicted octanol–water partition coefficient (Wildman–Crippen LogP) is 3.49. The van der Waals surface area contributed by atoms with Gasteiger partial charge in [0.2, 0.25) is 0 Å². The van der Waals surface area contributed by atoms with Gasteiger partial charge in [-0.15, -0.1) is 0 Å². The molecule has 3 nitrogen and oxygen atoms in total. The fraction of sp³-hybridized carbons (Fsp3) is 0.364. The number of alkyl halides is 3. The third kappa shape index (κ3) is 3.07. The van der Waals surface area contributed by atoms with Crippen LogP contribution >= 0.6 is 11.6 Å². The van der Waals surface area contributed by atoms with Crippen LogP contribution in [0.4, 0.5) is 13.2 Å². The van der Waals surface area contributed by atoms with Gasteiger partial charge in [0.15, 0.2) is 11.5 Å². The molecule has 0 fully saturated rings. The molecule has 0 aliphatic carbocycles. The maximum atomic E-state index is 12.3. The van der Waals surface area contributed by atoms with Crippen molar-refractivity contribution in [2.45, 2.75) is 13.1 Å². The molecule has 0 aliphatic heterocycles. The van der Waals surface area contributed by atoms with Crippen LogP contribution in [0, 0.1) is 0 Å². The van der Waals surface area contributed by atoms with E-state index in [1.165, 1.54) is 7.11 Å². The first-order valence-electron chi connectivity index (χ1n) is 4.93. The second kappa shape index (κ2) is 5.48.